The quantitative estimate of drug-likeness (QED) is 0.905. The molecule has 102 valence electrons. The van der Waals surface area contributed by atoms with Crippen molar-refractivity contribution >= 4 is 22.9 Å². The van der Waals surface area contributed by atoms with E-state index >= 15 is 0 Å². The number of nitrogens with zero attached hydrogens (tertiary/aromatic N) is 1. The van der Waals surface area contributed by atoms with Crippen LogP contribution in [0, 0.1) is 0 Å². The standard InChI is InChI=1S/C15H19ClN2S/c1-15(2,3)14-18-10-12(19-14)9-17-8-11-6-4-5-7-13(11)16/h4-7,10,17H,8-9H2,1-3H3. The van der Waals surface area contributed by atoms with Gasteiger partial charge >= 0.3 is 0 Å². The van der Waals surface area contributed by atoms with E-state index in [1.54, 1.807) is 11.3 Å². The summed E-state index contributed by atoms with van der Waals surface area (Å²) in [6.07, 6.45) is 1.96. The molecule has 1 heterocycles. The molecule has 2 rings (SSSR count). The molecule has 2 nitrogen and oxygen atoms in total. The highest BCUT2D eigenvalue weighted by molar-refractivity contribution is 7.11. The van der Waals surface area contributed by atoms with Crippen LogP contribution in [0.4, 0.5) is 0 Å². The van der Waals surface area contributed by atoms with Crippen LogP contribution in [0.1, 0.15) is 36.2 Å². The van der Waals surface area contributed by atoms with Crippen molar-refractivity contribution in [3.63, 3.8) is 0 Å². The molecule has 0 saturated carbocycles. The maximum absolute atomic E-state index is 6.12. The second-order valence-corrected chi connectivity index (χ2v) is 7.10. The minimum atomic E-state index is 0.131. The van der Waals surface area contributed by atoms with E-state index in [1.165, 1.54) is 9.88 Å². The molecule has 2 aromatic rings. The lowest BCUT2D eigenvalue weighted by molar-refractivity contribution is 0.585. The summed E-state index contributed by atoms with van der Waals surface area (Å²) in [4.78, 5) is 5.74. The van der Waals surface area contributed by atoms with Gasteiger partial charge in [-0.3, -0.25) is 0 Å². The molecule has 0 atom stereocenters. The Morgan fingerprint density at radius 2 is 1.95 bits per heavy atom. The number of thiazole rings is 1. The number of nitrogens with one attached hydrogen (secondary N) is 1. The summed E-state index contributed by atoms with van der Waals surface area (Å²) < 4.78 is 0. The zero-order valence-corrected chi connectivity index (χ0v) is 13.1. The maximum atomic E-state index is 6.12. The van der Waals surface area contributed by atoms with Crippen molar-refractivity contribution in [1.82, 2.24) is 10.3 Å². The molecule has 0 aliphatic heterocycles. The smallest absolute Gasteiger partial charge is 0.0981 e. The van der Waals surface area contributed by atoms with Gasteiger partial charge in [-0.2, -0.15) is 0 Å². The second kappa shape index (κ2) is 6.04. The molecular formula is C15H19ClN2S. The van der Waals surface area contributed by atoms with E-state index < -0.39 is 0 Å². The number of benzene rings is 1. The van der Waals surface area contributed by atoms with E-state index in [0.29, 0.717) is 0 Å². The molecular weight excluding hydrogens is 276 g/mol. The Morgan fingerprint density at radius 1 is 1.21 bits per heavy atom. The van der Waals surface area contributed by atoms with E-state index in [2.05, 4.69) is 31.1 Å². The summed E-state index contributed by atoms with van der Waals surface area (Å²) in [5, 5.41) is 5.41. The number of aromatic nitrogens is 1. The van der Waals surface area contributed by atoms with Crippen molar-refractivity contribution in [3.8, 4) is 0 Å². The summed E-state index contributed by atoms with van der Waals surface area (Å²) in [6, 6.07) is 7.92. The van der Waals surface area contributed by atoms with Crippen LogP contribution in [0.3, 0.4) is 0 Å². The third-order valence-corrected chi connectivity index (χ3v) is 4.56. The lowest BCUT2D eigenvalue weighted by Gasteiger charge is -2.13. The lowest BCUT2D eigenvalue weighted by atomic mass is 9.98. The molecule has 1 N–H and O–H groups in total. The molecule has 0 radical (unpaired) electrons. The van der Waals surface area contributed by atoms with E-state index in [4.69, 9.17) is 11.6 Å². The van der Waals surface area contributed by atoms with E-state index in [9.17, 15) is 0 Å². The van der Waals surface area contributed by atoms with Crippen LogP contribution in [0.15, 0.2) is 30.5 Å². The van der Waals surface area contributed by atoms with Gasteiger partial charge in [0.2, 0.25) is 0 Å². The molecule has 4 heteroatoms. The van der Waals surface area contributed by atoms with Crippen molar-refractivity contribution in [3.05, 3.63) is 50.9 Å². The normalized spacial score (nSPS) is 11.8. The predicted octanol–water partition coefficient (Wildman–Crippen LogP) is 4.38. The Labute approximate surface area is 123 Å². The fourth-order valence-corrected chi connectivity index (χ4v) is 2.84. The highest BCUT2D eigenvalue weighted by Gasteiger charge is 2.17. The van der Waals surface area contributed by atoms with Gasteiger partial charge in [-0.1, -0.05) is 50.6 Å². The van der Waals surface area contributed by atoms with Crippen molar-refractivity contribution in [2.24, 2.45) is 0 Å². The van der Waals surface area contributed by atoms with E-state index in [-0.39, 0.29) is 5.41 Å². The van der Waals surface area contributed by atoms with Gasteiger partial charge in [0.25, 0.3) is 0 Å². The highest BCUT2D eigenvalue weighted by Crippen LogP contribution is 2.26. The van der Waals surface area contributed by atoms with Gasteiger partial charge in [0.05, 0.1) is 5.01 Å². The molecule has 1 aromatic heterocycles. The first-order valence-electron chi connectivity index (χ1n) is 6.36. The molecule has 1 aromatic carbocycles. The van der Waals surface area contributed by atoms with Crippen molar-refractivity contribution < 1.29 is 0 Å². The van der Waals surface area contributed by atoms with Crippen LogP contribution in [-0.4, -0.2) is 4.98 Å². The third kappa shape index (κ3) is 4.03. The lowest BCUT2D eigenvalue weighted by Crippen LogP contribution is -2.12. The molecule has 0 aliphatic rings. The zero-order valence-electron chi connectivity index (χ0n) is 11.5. The van der Waals surface area contributed by atoms with Gasteiger partial charge in [0.1, 0.15) is 0 Å². The van der Waals surface area contributed by atoms with Crippen LogP contribution in [0.2, 0.25) is 5.02 Å². The Bertz CT molecular complexity index is 543. The zero-order chi connectivity index (χ0) is 13.9. The molecule has 19 heavy (non-hydrogen) atoms. The van der Waals surface area contributed by atoms with Gasteiger partial charge in [-0.15, -0.1) is 11.3 Å². The first-order chi connectivity index (χ1) is 8.97. The molecule has 0 unspecified atom stereocenters. The Balaban J connectivity index is 1.90. The summed E-state index contributed by atoms with van der Waals surface area (Å²) in [6.45, 7) is 8.17. The van der Waals surface area contributed by atoms with Gasteiger partial charge < -0.3 is 5.32 Å². The Hall–Kier alpha value is -0.900. The van der Waals surface area contributed by atoms with Crippen molar-refractivity contribution in [1.29, 1.82) is 0 Å². The average Bonchev–Trinajstić information content (AvgIpc) is 2.80. The van der Waals surface area contributed by atoms with Crippen molar-refractivity contribution in [2.45, 2.75) is 39.3 Å². The molecule has 0 aliphatic carbocycles. The monoisotopic (exact) mass is 294 g/mol. The van der Waals surface area contributed by atoms with E-state index in [1.807, 2.05) is 30.5 Å². The number of rotatable bonds is 4. The molecule has 0 saturated heterocycles. The summed E-state index contributed by atoms with van der Waals surface area (Å²) in [5.41, 5.74) is 1.26. The van der Waals surface area contributed by atoms with Gasteiger partial charge in [0.15, 0.2) is 0 Å². The predicted molar refractivity (Wildman–Crippen MR) is 82.8 cm³/mol. The first-order valence-corrected chi connectivity index (χ1v) is 7.55. The van der Waals surface area contributed by atoms with Gasteiger partial charge in [-0.25, -0.2) is 4.98 Å². The van der Waals surface area contributed by atoms with Gasteiger partial charge in [-0.05, 0) is 11.6 Å². The SMILES string of the molecule is CC(C)(C)c1ncc(CNCc2ccccc2Cl)s1. The Kier molecular flexibility index (Phi) is 4.61. The third-order valence-electron chi connectivity index (χ3n) is 2.77. The highest BCUT2D eigenvalue weighted by atomic mass is 35.5. The molecule has 0 spiro atoms. The fourth-order valence-electron chi connectivity index (χ4n) is 1.70. The maximum Gasteiger partial charge on any atom is 0.0981 e. The molecule has 0 amide bonds. The van der Waals surface area contributed by atoms with Crippen LogP contribution < -0.4 is 5.32 Å². The van der Waals surface area contributed by atoms with Gasteiger partial charge in [0, 0.05) is 34.6 Å². The van der Waals surface area contributed by atoms with Crippen molar-refractivity contribution in [2.75, 3.05) is 0 Å². The molecule has 0 bridgehead atoms. The van der Waals surface area contributed by atoms with Crippen LogP contribution in [0.5, 0.6) is 0 Å². The summed E-state index contributed by atoms with van der Waals surface area (Å²) in [5.74, 6) is 0. The van der Waals surface area contributed by atoms with Crippen LogP contribution in [0.25, 0.3) is 0 Å². The number of halogens is 1. The Morgan fingerprint density at radius 3 is 2.58 bits per heavy atom. The summed E-state index contributed by atoms with van der Waals surface area (Å²) in [7, 11) is 0. The van der Waals surface area contributed by atoms with E-state index in [0.717, 1.165) is 23.7 Å². The minimum absolute atomic E-state index is 0.131. The average molecular weight is 295 g/mol. The topological polar surface area (TPSA) is 24.9 Å². The second-order valence-electron chi connectivity index (χ2n) is 5.58. The minimum Gasteiger partial charge on any atom is -0.308 e. The fraction of sp³-hybridized carbons (Fsp3) is 0.400. The number of hydrogen-bond donors (Lipinski definition) is 1. The summed E-state index contributed by atoms with van der Waals surface area (Å²) >= 11 is 7.89. The van der Waals surface area contributed by atoms with Crippen LogP contribution in [-0.2, 0) is 18.5 Å². The first kappa shape index (κ1) is 14.5. The largest absolute Gasteiger partial charge is 0.308 e. The molecule has 0 fully saturated rings. The van der Waals surface area contributed by atoms with Crippen LogP contribution >= 0.6 is 22.9 Å². The number of hydrogen-bond acceptors (Lipinski definition) is 3.